The van der Waals surface area contributed by atoms with Crippen LogP contribution in [0.1, 0.15) is 11.7 Å². The molecule has 0 aliphatic carbocycles. The van der Waals surface area contributed by atoms with E-state index in [4.69, 9.17) is 0 Å². The summed E-state index contributed by atoms with van der Waals surface area (Å²) in [6, 6.07) is 17.3. The van der Waals surface area contributed by atoms with Gasteiger partial charge in [-0.15, -0.1) is 17.0 Å². The van der Waals surface area contributed by atoms with E-state index in [1.807, 2.05) is 0 Å². The predicted octanol–water partition coefficient (Wildman–Crippen LogP) is 3.06. The zero-order valence-electron chi connectivity index (χ0n) is 11.8. The molecule has 2 aromatic rings. The van der Waals surface area contributed by atoms with Crippen LogP contribution in [0.4, 0.5) is 5.69 Å². The van der Waals surface area contributed by atoms with Gasteiger partial charge >= 0.3 is 0 Å². The zero-order valence-corrected chi connectivity index (χ0v) is 13.5. The van der Waals surface area contributed by atoms with Gasteiger partial charge in [0.25, 0.3) is 0 Å². The molecule has 2 aliphatic heterocycles. The largest absolute Gasteiger partial charge is 0.395 e. The third-order valence-electron chi connectivity index (χ3n) is 4.40. The van der Waals surface area contributed by atoms with Crippen LogP contribution in [0.2, 0.25) is 0 Å². The highest BCUT2D eigenvalue weighted by Gasteiger charge is 2.38. The number of hydrogen-bond acceptors (Lipinski definition) is 3. The van der Waals surface area contributed by atoms with Crippen LogP contribution in [0.5, 0.6) is 0 Å². The molecule has 1 fully saturated rings. The van der Waals surface area contributed by atoms with E-state index < -0.39 is 0 Å². The molecular formula is C17H19BrN2O. The van der Waals surface area contributed by atoms with E-state index >= 15 is 0 Å². The van der Waals surface area contributed by atoms with Crippen molar-refractivity contribution in [3.63, 3.8) is 0 Å². The first kappa shape index (κ1) is 14.6. The normalized spacial score (nSPS) is 19.5. The van der Waals surface area contributed by atoms with Gasteiger partial charge in [-0.05, 0) is 17.2 Å². The molecule has 1 unspecified atom stereocenters. The van der Waals surface area contributed by atoms with Crippen molar-refractivity contribution >= 4 is 22.7 Å². The van der Waals surface area contributed by atoms with Gasteiger partial charge in [0.2, 0.25) is 0 Å². The van der Waals surface area contributed by atoms with Crippen LogP contribution >= 0.6 is 17.0 Å². The van der Waals surface area contributed by atoms with Crippen molar-refractivity contribution in [2.24, 2.45) is 0 Å². The molecule has 1 saturated heterocycles. The summed E-state index contributed by atoms with van der Waals surface area (Å²) in [5.41, 5.74) is 5.33. The highest BCUT2D eigenvalue weighted by Crippen LogP contribution is 2.47. The van der Waals surface area contributed by atoms with Gasteiger partial charge in [0.1, 0.15) is 6.17 Å². The van der Waals surface area contributed by atoms with Gasteiger partial charge in [-0.2, -0.15) is 0 Å². The van der Waals surface area contributed by atoms with E-state index in [0.717, 1.165) is 19.6 Å². The molecule has 0 bridgehead atoms. The van der Waals surface area contributed by atoms with Crippen LogP contribution in [-0.2, 0) is 0 Å². The summed E-state index contributed by atoms with van der Waals surface area (Å²) in [4.78, 5) is 4.84. The summed E-state index contributed by atoms with van der Waals surface area (Å²) < 4.78 is 0. The molecule has 2 aromatic carbocycles. The number of rotatable bonds is 2. The maximum absolute atomic E-state index is 9.30. The van der Waals surface area contributed by atoms with Gasteiger partial charge in [0.05, 0.1) is 6.61 Å². The standard InChI is InChI=1S/C17H18N2O.BrH/c20-12-11-18-9-10-19-16-8-4-3-6-14(16)13-5-1-2-7-15(13)17(18)19;/h1-8,17,20H,9-12H2;1H. The van der Waals surface area contributed by atoms with Crippen molar-refractivity contribution in [2.45, 2.75) is 6.17 Å². The lowest BCUT2D eigenvalue weighted by Crippen LogP contribution is -2.35. The van der Waals surface area contributed by atoms with Crippen LogP contribution in [-0.4, -0.2) is 36.2 Å². The number of nitrogens with zero attached hydrogens (tertiary/aromatic N) is 2. The van der Waals surface area contributed by atoms with Gasteiger partial charge < -0.3 is 10.0 Å². The molecule has 0 saturated carbocycles. The second kappa shape index (κ2) is 5.79. The van der Waals surface area contributed by atoms with E-state index in [2.05, 4.69) is 58.3 Å². The molecule has 1 N–H and O–H groups in total. The zero-order chi connectivity index (χ0) is 13.5. The first-order valence-corrected chi connectivity index (χ1v) is 7.20. The summed E-state index contributed by atoms with van der Waals surface area (Å²) in [7, 11) is 0. The molecule has 4 heteroatoms. The Morgan fingerprint density at radius 2 is 1.67 bits per heavy atom. The Bertz CT molecular complexity index is 646. The minimum absolute atomic E-state index is 0. The summed E-state index contributed by atoms with van der Waals surface area (Å²) in [5.74, 6) is 0. The van der Waals surface area contributed by atoms with E-state index in [1.165, 1.54) is 22.4 Å². The molecule has 0 spiro atoms. The van der Waals surface area contributed by atoms with Crippen LogP contribution in [0, 0.1) is 0 Å². The van der Waals surface area contributed by atoms with Crippen molar-refractivity contribution < 1.29 is 5.11 Å². The average Bonchev–Trinajstić information content (AvgIpc) is 2.92. The van der Waals surface area contributed by atoms with E-state index in [0.29, 0.717) is 0 Å². The minimum atomic E-state index is 0. The maximum atomic E-state index is 9.30. The molecule has 1 atom stereocenters. The molecule has 110 valence electrons. The average molecular weight is 347 g/mol. The summed E-state index contributed by atoms with van der Waals surface area (Å²) in [5, 5.41) is 9.30. The van der Waals surface area contributed by atoms with E-state index in [9.17, 15) is 5.11 Å². The fraction of sp³-hybridized carbons (Fsp3) is 0.294. The fourth-order valence-electron chi connectivity index (χ4n) is 3.58. The molecular weight excluding hydrogens is 328 g/mol. The van der Waals surface area contributed by atoms with Crippen LogP contribution < -0.4 is 4.90 Å². The number of aliphatic hydroxyl groups excluding tert-OH is 1. The fourth-order valence-corrected chi connectivity index (χ4v) is 3.58. The predicted molar refractivity (Wildman–Crippen MR) is 90.9 cm³/mol. The second-order valence-electron chi connectivity index (χ2n) is 5.43. The lowest BCUT2D eigenvalue weighted by Gasteiger charge is -2.38. The van der Waals surface area contributed by atoms with Gasteiger partial charge in [0.15, 0.2) is 0 Å². The number of fused-ring (bicyclic) bond motifs is 6. The van der Waals surface area contributed by atoms with Gasteiger partial charge in [-0.25, -0.2) is 0 Å². The van der Waals surface area contributed by atoms with Crippen molar-refractivity contribution in [3.05, 3.63) is 54.1 Å². The lowest BCUT2D eigenvalue weighted by atomic mass is 9.91. The van der Waals surface area contributed by atoms with Crippen LogP contribution in [0.25, 0.3) is 11.1 Å². The number of anilines is 1. The molecule has 0 aromatic heterocycles. The maximum Gasteiger partial charge on any atom is 0.109 e. The smallest absolute Gasteiger partial charge is 0.109 e. The number of benzene rings is 2. The number of hydrogen-bond donors (Lipinski definition) is 1. The lowest BCUT2D eigenvalue weighted by molar-refractivity contribution is 0.186. The Kier molecular flexibility index (Phi) is 4.02. The Balaban J connectivity index is 0.00000132. The van der Waals surface area contributed by atoms with Crippen molar-refractivity contribution in [1.29, 1.82) is 0 Å². The van der Waals surface area contributed by atoms with Crippen molar-refractivity contribution in [2.75, 3.05) is 31.1 Å². The van der Waals surface area contributed by atoms with E-state index in [1.54, 1.807) is 0 Å². The molecule has 21 heavy (non-hydrogen) atoms. The highest BCUT2D eigenvalue weighted by molar-refractivity contribution is 8.93. The topological polar surface area (TPSA) is 26.7 Å². The van der Waals surface area contributed by atoms with Crippen LogP contribution in [0.15, 0.2) is 48.5 Å². The highest BCUT2D eigenvalue weighted by atomic mass is 79.9. The Morgan fingerprint density at radius 3 is 2.48 bits per heavy atom. The number of para-hydroxylation sites is 1. The van der Waals surface area contributed by atoms with Crippen LogP contribution in [0.3, 0.4) is 0 Å². The molecule has 2 heterocycles. The molecule has 0 radical (unpaired) electrons. The molecule has 3 nitrogen and oxygen atoms in total. The first-order valence-electron chi connectivity index (χ1n) is 7.20. The Morgan fingerprint density at radius 1 is 0.952 bits per heavy atom. The first-order chi connectivity index (χ1) is 9.90. The summed E-state index contributed by atoms with van der Waals surface area (Å²) in [6.07, 6.45) is 0.272. The summed E-state index contributed by atoms with van der Waals surface area (Å²) >= 11 is 0. The number of aliphatic hydroxyl groups is 1. The molecule has 2 aliphatic rings. The van der Waals surface area contributed by atoms with Crippen molar-refractivity contribution in [3.8, 4) is 11.1 Å². The van der Waals surface area contributed by atoms with Crippen molar-refractivity contribution in [1.82, 2.24) is 4.90 Å². The third kappa shape index (κ3) is 2.18. The SMILES string of the molecule is Br.OCCN1CCN2c3ccccc3-c3ccccc3C12. The number of halogens is 1. The van der Waals surface area contributed by atoms with Gasteiger partial charge in [-0.3, -0.25) is 4.90 Å². The molecule has 4 rings (SSSR count). The Hall–Kier alpha value is -1.36. The Labute approximate surface area is 135 Å². The quantitative estimate of drug-likeness (QED) is 0.905. The number of β-amino-alcohol motifs (C(OH)–C–C–N with tert-alkyl or cyclic N) is 1. The monoisotopic (exact) mass is 346 g/mol. The summed E-state index contributed by atoms with van der Waals surface area (Å²) in [6.45, 7) is 2.98. The third-order valence-corrected chi connectivity index (χ3v) is 4.40. The minimum Gasteiger partial charge on any atom is -0.395 e. The van der Waals surface area contributed by atoms with Gasteiger partial charge in [0, 0.05) is 30.9 Å². The molecule has 0 amide bonds. The van der Waals surface area contributed by atoms with E-state index in [-0.39, 0.29) is 29.8 Å². The second-order valence-corrected chi connectivity index (χ2v) is 5.43. The van der Waals surface area contributed by atoms with Gasteiger partial charge in [-0.1, -0.05) is 42.5 Å².